The predicted octanol–water partition coefficient (Wildman–Crippen LogP) is 5.16. The summed E-state index contributed by atoms with van der Waals surface area (Å²) in [5.74, 6) is 0.901. The molecule has 0 aliphatic carbocycles. The molecule has 2 heterocycles. The number of nitrogens with zero attached hydrogens (tertiary/aromatic N) is 1. The van der Waals surface area contributed by atoms with Crippen molar-refractivity contribution in [3.05, 3.63) is 71.1 Å². The Morgan fingerprint density at radius 1 is 1.07 bits per heavy atom. The van der Waals surface area contributed by atoms with Gasteiger partial charge in [0.15, 0.2) is 16.7 Å². The highest BCUT2D eigenvalue weighted by atomic mass is 32.2. The van der Waals surface area contributed by atoms with E-state index < -0.39 is 5.82 Å². The number of halogens is 1. The highest BCUT2D eigenvalue weighted by molar-refractivity contribution is 8.19. The minimum absolute atomic E-state index is 0.0976. The number of nitrogens with one attached hydrogen (secondary N) is 1. The first kappa shape index (κ1) is 19.8. The van der Waals surface area contributed by atoms with E-state index in [9.17, 15) is 9.18 Å². The molecule has 0 radical (unpaired) electrons. The molecule has 4 rings (SSSR count). The van der Waals surface area contributed by atoms with Crippen molar-refractivity contribution in [1.29, 1.82) is 5.41 Å². The third kappa shape index (κ3) is 3.69. The van der Waals surface area contributed by atoms with Gasteiger partial charge in [0, 0.05) is 11.6 Å². The zero-order chi connectivity index (χ0) is 21.3. The SMILES string of the molecule is COc1ccc(N2C(=N)S/C(=C\c3ccc(-c4ccc(OC)c(F)c4)o3)C2=O)cc1. The van der Waals surface area contributed by atoms with E-state index in [2.05, 4.69) is 0 Å². The number of thioether (sulfide) groups is 1. The molecule has 1 aliphatic heterocycles. The van der Waals surface area contributed by atoms with Crippen LogP contribution in [0.15, 0.2) is 63.9 Å². The van der Waals surface area contributed by atoms with Gasteiger partial charge in [0.1, 0.15) is 17.3 Å². The lowest BCUT2D eigenvalue weighted by Crippen LogP contribution is -2.27. The topological polar surface area (TPSA) is 75.8 Å². The zero-order valence-corrected chi connectivity index (χ0v) is 17.0. The number of methoxy groups -OCH3 is 2. The van der Waals surface area contributed by atoms with Crippen molar-refractivity contribution in [2.75, 3.05) is 19.1 Å². The molecule has 30 heavy (non-hydrogen) atoms. The number of benzene rings is 2. The van der Waals surface area contributed by atoms with Crippen LogP contribution < -0.4 is 14.4 Å². The van der Waals surface area contributed by atoms with Gasteiger partial charge in [-0.05, 0) is 66.4 Å². The summed E-state index contributed by atoms with van der Waals surface area (Å²) in [6, 6.07) is 14.8. The molecule has 1 fully saturated rings. The Balaban J connectivity index is 1.57. The predicted molar refractivity (Wildman–Crippen MR) is 114 cm³/mol. The Bertz CT molecular complexity index is 1150. The maximum Gasteiger partial charge on any atom is 0.271 e. The van der Waals surface area contributed by atoms with Crippen molar-refractivity contribution >= 4 is 34.6 Å². The Hall–Kier alpha value is -3.52. The molecule has 1 amide bonds. The molecule has 0 atom stereocenters. The van der Waals surface area contributed by atoms with Crippen molar-refractivity contribution in [2.24, 2.45) is 0 Å². The lowest BCUT2D eigenvalue weighted by Gasteiger charge is -2.14. The quantitative estimate of drug-likeness (QED) is 0.573. The number of hydrogen-bond acceptors (Lipinski definition) is 6. The van der Waals surface area contributed by atoms with E-state index in [1.807, 2.05) is 0 Å². The van der Waals surface area contributed by atoms with Gasteiger partial charge in [-0.25, -0.2) is 4.39 Å². The summed E-state index contributed by atoms with van der Waals surface area (Å²) in [7, 11) is 2.96. The van der Waals surface area contributed by atoms with E-state index in [1.165, 1.54) is 24.1 Å². The smallest absolute Gasteiger partial charge is 0.271 e. The summed E-state index contributed by atoms with van der Waals surface area (Å²) < 4.78 is 29.8. The average Bonchev–Trinajstić information content (AvgIpc) is 3.32. The van der Waals surface area contributed by atoms with Crippen LogP contribution in [0, 0.1) is 11.2 Å². The third-order valence-corrected chi connectivity index (χ3v) is 5.38. The molecule has 1 N–H and O–H groups in total. The number of amidine groups is 1. The summed E-state index contributed by atoms with van der Waals surface area (Å²) in [6.45, 7) is 0. The molecule has 2 aromatic carbocycles. The highest BCUT2D eigenvalue weighted by Crippen LogP contribution is 2.36. The number of rotatable bonds is 5. The Morgan fingerprint density at radius 2 is 1.83 bits per heavy atom. The number of carbonyl (C=O) groups excluding carboxylic acids is 1. The highest BCUT2D eigenvalue weighted by Gasteiger charge is 2.33. The van der Waals surface area contributed by atoms with Crippen molar-refractivity contribution < 1.29 is 23.1 Å². The molecule has 0 saturated carbocycles. The van der Waals surface area contributed by atoms with Gasteiger partial charge in [-0.15, -0.1) is 0 Å². The maximum atomic E-state index is 14.0. The summed E-state index contributed by atoms with van der Waals surface area (Å²) in [5.41, 5.74) is 1.13. The van der Waals surface area contributed by atoms with Crippen molar-refractivity contribution in [3.8, 4) is 22.8 Å². The second-order valence-electron chi connectivity index (χ2n) is 6.31. The van der Waals surface area contributed by atoms with Gasteiger partial charge in [-0.1, -0.05) is 0 Å². The van der Waals surface area contributed by atoms with Gasteiger partial charge in [-0.3, -0.25) is 15.1 Å². The molecular formula is C22H17FN2O4S. The van der Waals surface area contributed by atoms with E-state index >= 15 is 0 Å². The second-order valence-corrected chi connectivity index (χ2v) is 7.34. The van der Waals surface area contributed by atoms with Crippen LogP contribution in [-0.4, -0.2) is 25.3 Å². The summed E-state index contributed by atoms with van der Waals surface area (Å²) in [4.78, 5) is 14.5. The van der Waals surface area contributed by atoms with Gasteiger partial charge in [0.2, 0.25) is 0 Å². The first-order valence-corrected chi connectivity index (χ1v) is 9.72. The first-order valence-electron chi connectivity index (χ1n) is 8.90. The molecule has 8 heteroatoms. The molecule has 0 bridgehead atoms. The Kier molecular flexibility index (Phi) is 5.33. The normalized spacial score (nSPS) is 15.2. The number of carbonyl (C=O) groups is 1. The van der Waals surface area contributed by atoms with Crippen LogP contribution in [0.4, 0.5) is 10.1 Å². The van der Waals surface area contributed by atoms with Gasteiger partial charge in [-0.2, -0.15) is 0 Å². The van der Waals surface area contributed by atoms with Crippen molar-refractivity contribution in [3.63, 3.8) is 0 Å². The largest absolute Gasteiger partial charge is 0.497 e. The molecule has 1 saturated heterocycles. The van der Waals surface area contributed by atoms with E-state index in [-0.39, 0.29) is 16.8 Å². The van der Waals surface area contributed by atoms with Gasteiger partial charge in [0.25, 0.3) is 5.91 Å². The van der Waals surface area contributed by atoms with Crippen LogP contribution >= 0.6 is 11.8 Å². The number of amides is 1. The van der Waals surface area contributed by atoms with Crippen LogP contribution in [0.3, 0.4) is 0 Å². The van der Waals surface area contributed by atoms with Crippen LogP contribution in [-0.2, 0) is 4.79 Å². The minimum atomic E-state index is -0.489. The molecule has 0 spiro atoms. The zero-order valence-electron chi connectivity index (χ0n) is 16.1. The average molecular weight is 424 g/mol. The first-order chi connectivity index (χ1) is 14.5. The maximum absolute atomic E-state index is 14.0. The van der Waals surface area contributed by atoms with Crippen molar-refractivity contribution in [1.82, 2.24) is 0 Å². The second kappa shape index (κ2) is 8.08. The number of ether oxygens (including phenoxy) is 2. The minimum Gasteiger partial charge on any atom is -0.497 e. The summed E-state index contributed by atoms with van der Waals surface area (Å²) >= 11 is 1.05. The standard InChI is InChI=1S/C22H17FN2O4S/c1-27-15-6-4-14(5-7-15)25-21(26)20(30-22(25)24)12-16-8-10-18(29-16)13-3-9-19(28-2)17(23)11-13/h3-12,24H,1-2H3/b20-12-,24-22?. The van der Waals surface area contributed by atoms with Gasteiger partial charge < -0.3 is 13.9 Å². The lowest BCUT2D eigenvalue weighted by atomic mass is 10.1. The molecule has 1 aromatic heterocycles. The fraction of sp³-hybridized carbons (Fsp3) is 0.0909. The lowest BCUT2D eigenvalue weighted by molar-refractivity contribution is -0.113. The van der Waals surface area contributed by atoms with Crippen LogP contribution in [0.2, 0.25) is 0 Å². The van der Waals surface area contributed by atoms with E-state index in [1.54, 1.807) is 55.7 Å². The number of hydrogen-bond donors (Lipinski definition) is 1. The van der Waals surface area contributed by atoms with Crippen LogP contribution in [0.1, 0.15) is 5.76 Å². The Labute approximate surface area is 176 Å². The summed E-state index contributed by atoms with van der Waals surface area (Å²) in [5, 5.41) is 8.28. The molecular weight excluding hydrogens is 407 g/mol. The number of anilines is 1. The van der Waals surface area contributed by atoms with Gasteiger partial charge >= 0.3 is 0 Å². The fourth-order valence-electron chi connectivity index (χ4n) is 2.99. The molecule has 3 aromatic rings. The van der Waals surface area contributed by atoms with E-state index in [0.29, 0.717) is 33.4 Å². The molecule has 0 unspecified atom stereocenters. The van der Waals surface area contributed by atoms with Crippen molar-refractivity contribution in [2.45, 2.75) is 0 Å². The molecule has 1 aliphatic rings. The van der Waals surface area contributed by atoms with E-state index in [0.717, 1.165) is 11.8 Å². The summed E-state index contributed by atoms with van der Waals surface area (Å²) in [6.07, 6.45) is 1.58. The van der Waals surface area contributed by atoms with E-state index in [4.69, 9.17) is 19.3 Å². The third-order valence-electron chi connectivity index (χ3n) is 4.49. The Morgan fingerprint density at radius 3 is 2.50 bits per heavy atom. The van der Waals surface area contributed by atoms with Gasteiger partial charge in [0.05, 0.1) is 24.8 Å². The monoisotopic (exact) mass is 424 g/mol. The van der Waals surface area contributed by atoms with Crippen LogP contribution in [0.25, 0.3) is 17.4 Å². The fourth-order valence-corrected chi connectivity index (χ4v) is 3.83. The van der Waals surface area contributed by atoms with Crippen LogP contribution in [0.5, 0.6) is 11.5 Å². The molecule has 152 valence electrons. The molecule has 6 nitrogen and oxygen atoms in total. The number of furan rings is 1.